The Balaban J connectivity index is 3.87. The Kier molecular flexibility index (Phi) is 8.77. The summed E-state index contributed by atoms with van der Waals surface area (Å²) in [4.78, 5) is 2.28. The van der Waals surface area contributed by atoms with E-state index < -0.39 is 12.1 Å². The Hall–Kier alpha value is -0.800. The predicted octanol–water partition coefficient (Wildman–Crippen LogP) is 2.79. The third kappa shape index (κ3) is 8.06. The number of hydrogen-bond acceptors (Lipinski definition) is 3. The molecule has 0 saturated heterocycles. The molecule has 0 aromatic carbocycles. The first-order valence-electron chi connectivity index (χ1n) is 6.77. The number of alkyl halides is 3. The third-order valence-electron chi connectivity index (χ3n) is 3.23. The van der Waals surface area contributed by atoms with Gasteiger partial charge in [-0.25, -0.2) is 0 Å². The van der Waals surface area contributed by atoms with Gasteiger partial charge in [0.25, 0.3) is 0 Å². The van der Waals surface area contributed by atoms with Gasteiger partial charge in [-0.2, -0.15) is 18.4 Å². The fourth-order valence-corrected chi connectivity index (χ4v) is 1.82. The smallest absolute Gasteiger partial charge is 0.313 e. The minimum absolute atomic E-state index is 0.00578. The lowest BCUT2D eigenvalue weighted by molar-refractivity contribution is -0.157. The second-order valence-corrected chi connectivity index (χ2v) is 4.70. The zero-order valence-electron chi connectivity index (χ0n) is 11.9. The topological polar surface area (TPSA) is 39.1 Å². The molecule has 0 bridgehead atoms. The molecule has 112 valence electrons. The van der Waals surface area contributed by atoms with E-state index in [2.05, 4.69) is 24.1 Å². The van der Waals surface area contributed by atoms with Gasteiger partial charge in [0.2, 0.25) is 0 Å². The fraction of sp³-hybridized carbons (Fsp3) is 0.923. The average Bonchev–Trinajstić information content (AvgIpc) is 2.33. The monoisotopic (exact) mass is 279 g/mol. The van der Waals surface area contributed by atoms with E-state index in [1.54, 1.807) is 0 Å². The van der Waals surface area contributed by atoms with Crippen LogP contribution in [-0.4, -0.2) is 43.3 Å². The zero-order valence-corrected chi connectivity index (χ0v) is 11.9. The van der Waals surface area contributed by atoms with Crippen molar-refractivity contribution in [2.75, 3.05) is 26.2 Å². The first-order valence-corrected chi connectivity index (χ1v) is 6.77. The number of nitriles is 1. The highest BCUT2D eigenvalue weighted by atomic mass is 19.4. The number of hydrogen-bond donors (Lipinski definition) is 1. The quantitative estimate of drug-likeness (QED) is 0.705. The summed E-state index contributed by atoms with van der Waals surface area (Å²) in [5.74, 6) is -1.92. The number of nitrogens with zero attached hydrogens (tertiary/aromatic N) is 2. The normalized spacial score (nSPS) is 15.3. The van der Waals surface area contributed by atoms with E-state index in [1.807, 2.05) is 6.92 Å². The summed E-state index contributed by atoms with van der Waals surface area (Å²) in [6, 6.07) is 1.29. The van der Waals surface area contributed by atoms with E-state index in [0.29, 0.717) is 0 Å². The SMILES string of the molecule is CCN(CC)CCCC(C)NCC(C#N)C(F)(F)F. The van der Waals surface area contributed by atoms with Crippen molar-refractivity contribution in [3.05, 3.63) is 0 Å². The highest BCUT2D eigenvalue weighted by Gasteiger charge is 2.39. The molecule has 1 N–H and O–H groups in total. The van der Waals surface area contributed by atoms with Gasteiger partial charge in [-0.15, -0.1) is 0 Å². The van der Waals surface area contributed by atoms with Crippen molar-refractivity contribution in [2.24, 2.45) is 5.92 Å². The highest BCUT2D eigenvalue weighted by molar-refractivity contribution is 4.90. The third-order valence-corrected chi connectivity index (χ3v) is 3.23. The lowest BCUT2D eigenvalue weighted by Crippen LogP contribution is -2.37. The molecule has 6 heteroatoms. The second-order valence-electron chi connectivity index (χ2n) is 4.70. The number of nitrogens with one attached hydrogen (secondary N) is 1. The van der Waals surface area contributed by atoms with E-state index in [-0.39, 0.29) is 12.6 Å². The molecule has 0 amide bonds. The summed E-state index contributed by atoms with van der Waals surface area (Å²) in [5.41, 5.74) is 0. The first kappa shape index (κ1) is 18.2. The van der Waals surface area contributed by atoms with Gasteiger partial charge in [0.05, 0.1) is 6.07 Å². The van der Waals surface area contributed by atoms with E-state index in [4.69, 9.17) is 5.26 Å². The molecule has 0 aromatic heterocycles. The maximum atomic E-state index is 12.4. The molecule has 0 fully saturated rings. The van der Waals surface area contributed by atoms with Gasteiger partial charge < -0.3 is 10.2 Å². The fourth-order valence-electron chi connectivity index (χ4n) is 1.82. The van der Waals surface area contributed by atoms with Gasteiger partial charge >= 0.3 is 6.18 Å². The van der Waals surface area contributed by atoms with Crippen molar-refractivity contribution < 1.29 is 13.2 Å². The molecule has 0 radical (unpaired) electrons. The van der Waals surface area contributed by atoms with Crippen LogP contribution in [0.15, 0.2) is 0 Å². The maximum Gasteiger partial charge on any atom is 0.405 e. The van der Waals surface area contributed by atoms with Crippen LogP contribution in [0.3, 0.4) is 0 Å². The zero-order chi connectivity index (χ0) is 14.9. The average molecular weight is 279 g/mol. The summed E-state index contributed by atoms with van der Waals surface area (Å²) in [5, 5.41) is 11.3. The highest BCUT2D eigenvalue weighted by Crippen LogP contribution is 2.25. The summed E-state index contributed by atoms with van der Waals surface area (Å²) in [6.45, 7) is 8.64. The number of halogens is 3. The standard InChI is InChI=1S/C13H24F3N3/c1-4-19(5-2)8-6-7-11(3)18-10-12(9-17)13(14,15)16/h11-12,18H,4-8,10H2,1-3H3. The molecular weight excluding hydrogens is 255 g/mol. The van der Waals surface area contributed by atoms with Gasteiger partial charge in [-0.05, 0) is 39.4 Å². The van der Waals surface area contributed by atoms with Gasteiger partial charge in [-0.1, -0.05) is 13.8 Å². The van der Waals surface area contributed by atoms with Crippen LogP contribution in [-0.2, 0) is 0 Å². The minimum atomic E-state index is -4.44. The summed E-state index contributed by atoms with van der Waals surface area (Å²) in [6.07, 6.45) is -2.69. The molecule has 0 aliphatic rings. The molecule has 0 aliphatic heterocycles. The largest absolute Gasteiger partial charge is 0.405 e. The Morgan fingerprint density at radius 3 is 2.26 bits per heavy atom. The molecule has 2 atom stereocenters. The van der Waals surface area contributed by atoms with Crippen molar-refractivity contribution in [2.45, 2.75) is 45.8 Å². The Bertz CT molecular complexity index is 269. The second kappa shape index (κ2) is 9.16. The van der Waals surface area contributed by atoms with Crippen molar-refractivity contribution in [1.82, 2.24) is 10.2 Å². The summed E-state index contributed by atoms with van der Waals surface area (Å²) in [7, 11) is 0. The van der Waals surface area contributed by atoms with E-state index in [0.717, 1.165) is 32.5 Å². The minimum Gasteiger partial charge on any atom is -0.313 e. The predicted molar refractivity (Wildman–Crippen MR) is 69.6 cm³/mol. The van der Waals surface area contributed by atoms with Gasteiger partial charge in [0.1, 0.15) is 0 Å². The first-order chi connectivity index (χ1) is 8.85. The van der Waals surface area contributed by atoms with Crippen molar-refractivity contribution in [3.63, 3.8) is 0 Å². The lowest BCUT2D eigenvalue weighted by atomic mass is 10.1. The Morgan fingerprint density at radius 1 is 1.26 bits per heavy atom. The molecule has 0 rings (SSSR count). The summed E-state index contributed by atoms with van der Waals surface area (Å²) >= 11 is 0. The van der Waals surface area contributed by atoms with Crippen LogP contribution in [0.2, 0.25) is 0 Å². The molecular formula is C13H24F3N3. The van der Waals surface area contributed by atoms with Gasteiger partial charge in [0, 0.05) is 12.6 Å². The molecule has 0 heterocycles. The molecule has 3 nitrogen and oxygen atoms in total. The van der Waals surface area contributed by atoms with Gasteiger partial charge in [-0.3, -0.25) is 0 Å². The van der Waals surface area contributed by atoms with Crippen LogP contribution >= 0.6 is 0 Å². The van der Waals surface area contributed by atoms with Crippen LogP contribution in [0.4, 0.5) is 13.2 Å². The molecule has 0 saturated carbocycles. The van der Waals surface area contributed by atoms with Crippen LogP contribution in [0, 0.1) is 17.2 Å². The van der Waals surface area contributed by atoms with Crippen LogP contribution < -0.4 is 5.32 Å². The van der Waals surface area contributed by atoms with Gasteiger partial charge in [0.15, 0.2) is 5.92 Å². The Labute approximate surface area is 113 Å². The van der Waals surface area contributed by atoms with E-state index in [9.17, 15) is 13.2 Å². The lowest BCUT2D eigenvalue weighted by Gasteiger charge is -2.21. The van der Waals surface area contributed by atoms with Crippen LogP contribution in [0.25, 0.3) is 0 Å². The molecule has 0 aromatic rings. The molecule has 19 heavy (non-hydrogen) atoms. The molecule has 0 spiro atoms. The van der Waals surface area contributed by atoms with Crippen molar-refractivity contribution in [1.29, 1.82) is 5.26 Å². The molecule has 2 unspecified atom stereocenters. The Morgan fingerprint density at radius 2 is 1.84 bits per heavy atom. The summed E-state index contributed by atoms with van der Waals surface area (Å²) < 4.78 is 37.1. The number of rotatable bonds is 9. The van der Waals surface area contributed by atoms with Crippen LogP contribution in [0.5, 0.6) is 0 Å². The van der Waals surface area contributed by atoms with E-state index >= 15 is 0 Å². The van der Waals surface area contributed by atoms with Crippen LogP contribution in [0.1, 0.15) is 33.6 Å². The van der Waals surface area contributed by atoms with E-state index in [1.165, 1.54) is 6.07 Å². The van der Waals surface area contributed by atoms with Crippen molar-refractivity contribution >= 4 is 0 Å². The van der Waals surface area contributed by atoms with Crippen molar-refractivity contribution in [3.8, 4) is 6.07 Å². The molecule has 0 aliphatic carbocycles. The maximum absolute atomic E-state index is 12.4.